The molecule has 2 N–H and O–H groups in total. The minimum Gasteiger partial charge on any atom is -0.330 e. The van der Waals surface area contributed by atoms with Crippen molar-refractivity contribution in [3.63, 3.8) is 0 Å². The summed E-state index contributed by atoms with van der Waals surface area (Å²) in [6.07, 6.45) is 6.99. The van der Waals surface area contributed by atoms with E-state index < -0.39 is 0 Å². The Kier molecular flexibility index (Phi) is 2.66. The summed E-state index contributed by atoms with van der Waals surface area (Å²) in [5.74, 6) is 0.915. The Bertz CT molecular complexity index is 133. The standard InChI is InChI=1S/C10H20N2/c11-5-4-9-7-10-3-1-2-6-12(10)8-9/h9-10H,1-8,11H2. The molecule has 0 bridgehead atoms. The van der Waals surface area contributed by atoms with Gasteiger partial charge < -0.3 is 10.6 Å². The highest BCUT2D eigenvalue weighted by atomic mass is 15.2. The van der Waals surface area contributed by atoms with Gasteiger partial charge in [0.1, 0.15) is 0 Å². The van der Waals surface area contributed by atoms with Crippen LogP contribution in [-0.2, 0) is 0 Å². The molecule has 0 spiro atoms. The third-order valence-corrected chi connectivity index (χ3v) is 3.42. The smallest absolute Gasteiger partial charge is 0.00985 e. The Labute approximate surface area is 75.1 Å². The molecule has 2 fully saturated rings. The summed E-state index contributed by atoms with van der Waals surface area (Å²) in [4.78, 5) is 2.68. The van der Waals surface area contributed by atoms with Crippen LogP contribution in [0.1, 0.15) is 32.1 Å². The van der Waals surface area contributed by atoms with E-state index in [4.69, 9.17) is 5.73 Å². The lowest BCUT2D eigenvalue weighted by molar-refractivity contribution is 0.196. The fourth-order valence-electron chi connectivity index (χ4n) is 2.80. The van der Waals surface area contributed by atoms with Crippen molar-refractivity contribution in [3.05, 3.63) is 0 Å². The van der Waals surface area contributed by atoms with Crippen LogP contribution in [0.3, 0.4) is 0 Å². The first-order chi connectivity index (χ1) is 5.90. The van der Waals surface area contributed by atoms with E-state index in [1.165, 1.54) is 45.2 Å². The summed E-state index contributed by atoms with van der Waals surface area (Å²) in [5.41, 5.74) is 5.58. The van der Waals surface area contributed by atoms with Crippen molar-refractivity contribution in [1.82, 2.24) is 4.90 Å². The molecule has 0 aromatic rings. The second-order valence-electron chi connectivity index (χ2n) is 4.32. The highest BCUT2D eigenvalue weighted by Gasteiger charge is 2.32. The average molecular weight is 168 g/mol. The fraction of sp³-hybridized carbons (Fsp3) is 1.00. The number of piperidine rings is 1. The summed E-state index contributed by atoms with van der Waals surface area (Å²) in [5, 5.41) is 0. The Hall–Kier alpha value is -0.0800. The lowest BCUT2D eigenvalue weighted by Gasteiger charge is -2.28. The first-order valence-corrected chi connectivity index (χ1v) is 5.34. The maximum absolute atomic E-state index is 5.58. The molecular weight excluding hydrogens is 148 g/mol. The van der Waals surface area contributed by atoms with E-state index in [0.29, 0.717) is 0 Å². The van der Waals surface area contributed by atoms with Crippen LogP contribution >= 0.6 is 0 Å². The van der Waals surface area contributed by atoms with Crippen LogP contribution in [0, 0.1) is 5.92 Å². The minimum absolute atomic E-state index is 0.880. The Morgan fingerprint density at radius 1 is 1.33 bits per heavy atom. The number of hydrogen-bond acceptors (Lipinski definition) is 2. The first-order valence-electron chi connectivity index (χ1n) is 5.34. The highest BCUT2D eigenvalue weighted by Crippen LogP contribution is 2.31. The summed E-state index contributed by atoms with van der Waals surface area (Å²) < 4.78 is 0. The fourth-order valence-corrected chi connectivity index (χ4v) is 2.80. The number of rotatable bonds is 2. The van der Waals surface area contributed by atoms with Crippen LogP contribution in [-0.4, -0.2) is 30.6 Å². The van der Waals surface area contributed by atoms with E-state index >= 15 is 0 Å². The van der Waals surface area contributed by atoms with Gasteiger partial charge in [0, 0.05) is 12.6 Å². The summed E-state index contributed by atoms with van der Waals surface area (Å²) >= 11 is 0. The van der Waals surface area contributed by atoms with Gasteiger partial charge in [0.2, 0.25) is 0 Å². The molecule has 2 atom stereocenters. The molecule has 2 rings (SSSR count). The Balaban J connectivity index is 1.85. The highest BCUT2D eigenvalue weighted by molar-refractivity contribution is 4.87. The van der Waals surface area contributed by atoms with Gasteiger partial charge in [-0.1, -0.05) is 6.42 Å². The number of hydrogen-bond donors (Lipinski definition) is 1. The van der Waals surface area contributed by atoms with Gasteiger partial charge in [-0.3, -0.25) is 0 Å². The van der Waals surface area contributed by atoms with Gasteiger partial charge in [-0.2, -0.15) is 0 Å². The summed E-state index contributed by atoms with van der Waals surface area (Å²) in [6.45, 7) is 3.57. The number of nitrogens with zero attached hydrogens (tertiary/aromatic N) is 1. The van der Waals surface area contributed by atoms with E-state index in [0.717, 1.165) is 18.5 Å². The molecule has 2 heterocycles. The molecule has 70 valence electrons. The predicted molar refractivity (Wildman–Crippen MR) is 51.0 cm³/mol. The number of nitrogens with two attached hydrogens (primary N) is 1. The van der Waals surface area contributed by atoms with Crippen molar-refractivity contribution in [3.8, 4) is 0 Å². The van der Waals surface area contributed by atoms with E-state index in [2.05, 4.69) is 4.90 Å². The van der Waals surface area contributed by atoms with Gasteiger partial charge in [-0.25, -0.2) is 0 Å². The monoisotopic (exact) mass is 168 g/mol. The molecule has 2 aliphatic heterocycles. The maximum Gasteiger partial charge on any atom is 0.00985 e. The van der Waals surface area contributed by atoms with Gasteiger partial charge in [0.05, 0.1) is 0 Å². The minimum atomic E-state index is 0.880. The number of fused-ring (bicyclic) bond motifs is 1. The second kappa shape index (κ2) is 3.75. The molecule has 2 saturated heterocycles. The molecule has 0 aromatic carbocycles. The van der Waals surface area contributed by atoms with Crippen LogP contribution < -0.4 is 5.73 Å². The Morgan fingerprint density at radius 2 is 2.25 bits per heavy atom. The third kappa shape index (κ3) is 1.64. The van der Waals surface area contributed by atoms with Crippen LogP contribution in [0.2, 0.25) is 0 Å². The van der Waals surface area contributed by atoms with Gasteiger partial charge in [-0.15, -0.1) is 0 Å². The molecule has 12 heavy (non-hydrogen) atoms. The zero-order chi connectivity index (χ0) is 8.39. The average Bonchev–Trinajstić information content (AvgIpc) is 2.47. The molecule has 2 aliphatic rings. The SMILES string of the molecule is NCCC1CC2CCCCN2C1. The summed E-state index contributed by atoms with van der Waals surface area (Å²) in [6, 6.07) is 0.926. The van der Waals surface area contributed by atoms with Gasteiger partial charge >= 0.3 is 0 Å². The van der Waals surface area contributed by atoms with E-state index in [1.54, 1.807) is 0 Å². The predicted octanol–water partition coefficient (Wildman–Crippen LogP) is 1.21. The van der Waals surface area contributed by atoms with Gasteiger partial charge in [0.15, 0.2) is 0 Å². The zero-order valence-corrected chi connectivity index (χ0v) is 7.84. The maximum atomic E-state index is 5.58. The molecule has 2 unspecified atom stereocenters. The van der Waals surface area contributed by atoms with Crippen LogP contribution in [0.25, 0.3) is 0 Å². The molecule has 0 aromatic heterocycles. The van der Waals surface area contributed by atoms with Gasteiger partial charge in [-0.05, 0) is 44.7 Å². The molecule has 0 saturated carbocycles. The third-order valence-electron chi connectivity index (χ3n) is 3.42. The molecular formula is C10H20N2. The van der Waals surface area contributed by atoms with Crippen molar-refractivity contribution in [2.24, 2.45) is 11.7 Å². The van der Waals surface area contributed by atoms with Crippen molar-refractivity contribution in [1.29, 1.82) is 0 Å². The van der Waals surface area contributed by atoms with E-state index in [1.807, 2.05) is 0 Å². The largest absolute Gasteiger partial charge is 0.330 e. The molecule has 0 radical (unpaired) electrons. The van der Waals surface area contributed by atoms with Crippen molar-refractivity contribution in [2.45, 2.75) is 38.1 Å². The van der Waals surface area contributed by atoms with E-state index in [9.17, 15) is 0 Å². The van der Waals surface area contributed by atoms with E-state index in [-0.39, 0.29) is 0 Å². The van der Waals surface area contributed by atoms with Crippen molar-refractivity contribution in [2.75, 3.05) is 19.6 Å². The van der Waals surface area contributed by atoms with Gasteiger partial charge in [0.25, 0.3) is 0 Å². The van der Waals surface area contributed by atoms with Crippen molar-refractivity contribution >= 4 is 0 Å². The summed E-state index contributed by atoms with van der Waals surface area (Å²) in [7, 11) is 0. The Morgan fingerprint density at radius 3 is 3.00 bits per heavy atom. The molecule has 2 heteroatoms. The second-order valence-corrected chi connectivity index (χ2v) is 4.32. The lowest BCUT2D eigenvalue weighted by atomic mass is 9.98. The van der Waals surface area contributed by atoms with Crippen molar-refractivity contribution < 1.29 is 0 Å². The van der Waals surface area contributed by atoms with Crippen LogP contribution in [0.15, 0.2) is 0 Å². The first kappa shape index (κ1) is 8.52. The zero-order valence-electron chi connectivity index (χ0n) is 7.84. The van der Waals surface area contributed by atoms with Crippen LogP contribution in [0.4, 0.5) is 0 Å². The van der Waals surface area contributed by atoms with Crippen LogP contribution in [0.5, 0.6) is 0 Å². The molecule has 0 aliphatic carbocycles. The lowest BCUT2D eigenvalue weighted by Crippen LogP contribution is -2.34. The quantitative estimate of drug-likeness (QED) is 0.671. The molecule has 0 amide bonds. The normalized spacial score (nSPS) is 36.8. The molecule has 2 nitrogen and oxygen atoms in total. The topological polar surface area (TPSA) is 29.3 Å².